The number of carbonyl (C=O) groups is 2. The van der Waals surface area contributed by atoms with Gasteiger partial charge in [0.25, 0.3) is 11.8 Å². The Morgan fingerprint density at radius 3 is 2.11 bits per heavy atom. The lowest BCUT2D eigenvalue weighted by Gasteiger charge is -2.25. The monoisotopic (exact) mass is 702 g/mol. The van der Waals surface area contributed by atoms with E-state index in [0.29, 0.717) is 42.3 Å². The molecule has 0 aliphatic carbocycles. The number of aromatic nitrogens is 4. The molecule has 10 nitrogen and oxygen atoms in total. The van der Waals surface area contributed by atoms with Crippen LogP contribution in [0.1, 0.15) is 77.5 Å². The first-order valence-electron chi connectivity index (χ1n) is 17.7. The third-order valence-corrected chi connectivity index (χ3v) is 10.0. The molecule has 4 aromatic carbocycles. The van der Waals surface area contributed by atoms with E-state index in [1.165, 1.54) is 0 Å². The highest BCUT2D eigenvalue weighted by atomic mass is 16.3. The lowest BCUT2D eigenvalue weighted by atomic mass is 10.1. The summed E-state index contributed by atoms with van der Waals surface area (Å²) in [5.74, 6) is 7.15. The summed E-state index contributed by atoms with van der Waals surface area (Å²) in [6.07, 6.45) is 1.48. The van der Waals surface area contributed by atoms with Crippen molar-refractivity contribution in [3.8, 4) is 23.1 Å². The number of fused-ring (bicyclic) bond motifs is 1. The molecular weight excluding hydrogens is 665 g/mol. The zero-order valence-corrected chi connectivity index (χ0v) is 28.9. The van der Waals surface area contributed by atoms with Gasteiger partial charge in [0, 0.05) is 24.2 Å². The number of aliphatic hydroxyl groups excluding tert-OH is 2. The first-order valence-corrected chi connectivity index (χ1v) is 17.7. The van der Waals surface area contributed by atoms with Gasteiger partial charge in [-0.1, -0.05) is 96.8 Å². The number of benzene rings is 4. The second-order valence-corrected chi connectivity index (χ2v) is 13.6. The average molecular weight is 703 g/mol. The van der Waals surface area contributed by atoms with E-state index >= 15 is 0 Å². The number of likely N-dealkylation sites (tertiary alicyclic amines) is 2. The van der Waals surface area contributed by atoms with Gasteiger partial charge in [-0.05, 0) is 66.3 Å². The van der Waals surface area contributed by atoms with Gasteiger partial charge in [-0.25, -0.2) is 9.97 Å². The minimum atomic E-state index is -1.26. The number of aromatic amines is 2. The molecule has 4 atom stereocenters. The van der Waals surface area contributed by atoms with E-state index in [9.17, 15) is 19.8 Å². The number of imidazole rings is 2. The predicted octanol–water partition coefficient (Wildman–Crippen LogP) is 6.31. The number of aliphatic hydroxyl groups is 2. The summed E-state index contributed by atoms with van der Waals surface area (Å²) in [6, 6.07) is 31.0. The SMILES string of the molecule is C=C1C[C@@H](c2nc3ccc(C#Cc4ccc(-c5cnc([C@@H]6CCCN6C(=O)C(O)c6ccccc6)[nH]5)cc4)cc3[nH]2)N(C(=O)C(O)c2ccccc2)C1. The standard InChI is InChI=1S/C43H38N6O4/c1-27-23-37(49(26-27)43(53)39(51)32-11-6-3-7-12-32)41-45-33-21-18-29(24-34(33)46-41)15-14-28-16-19-30(20-17-28)35-25-44-40(47-35)36-13-8-22-48(36)42(52)38(50)31-9-4-2-5-10-31/h2-7,9-12,16-21,24-25,36-39,50-51H,1,8,13,22-23,26H2,(H,44,47)(H,45,46)/t36-,37-,38?,39?/m0/s1. The molecule has 264 valence electrons. The molecule has 0 saturated carbocycles. The molecule has 2 saturated heterocycles. The van der Waals surface area contributed by atoms with Crippen LogP contribution in [0.3, 0.4) is 0 Å². The highest BCUT2D eigenvalue weighted by molar-refractivity contribution is 5.84. The number of nitrogens with one attached hydrogen (secondary N) is 2. The Bertz CT molecular complexity index is 2360. The van der Waals surface area contributed by atoms with Crippen LogP contribution in [0.4, 0.5) is 0 Å². The molecule has 2 amide bonds. The van der Waals surface area contributed by atoms with Crippen LogP contribution in [0.25, 0.3) is 22.3 Å². The van der Waals surface area contributed by atoms with Gasteiger partial charge in [0.1, 0.15) is 11.6 Å². The number of rotatable bonds is 7. The Morgan fingerprint density at radius 2 is 1.42 bits per heavy atom. The minimum absolute atomic E-state index is 0.227. The fourth-order valence-corrected chi connectivity index (χ4v) is 7.25. The minimum Gasteiger partial charge on any atom is -0.378 e. The van der Waals surface area contributed by atoms with E-state index in [1.54, 1.807) is 52.4 Å². The molecule has 2 aromatic heterocycles. The Morgan fingerprint density at radius 1 is 0.774 bits per heavy atom. The van der Waals surface area contributed by atoms with Crippen molar-refractivity contribution in [3.63, 3.8) is 0 Å². The first kappa shape index (κ1) is 33.8. The van der Waals surface area contributed by atoms with Crippen molar-refractivity contribution < 1.29 is 19.8 Å². The van der Waals surface area contributed by atoms with E-state index in [4.69, 9.17) is 4.98 Å². The molecule has 2 unspecified atom stereocenters. The molecule has 0 bridgehead atoms. The van der Waals surface area contributed by atoms with Gasteiger partial charge in [-0.2, -0.15) is 0 Å². The van der Waals surface area contributed by atoms with Crippen LogP contribution in [-0.2, 0) is 9.59 Å². The van der Waals surface area contributed by atoms with Crippen LogP contribution in [0, 0.1) is 11.8 Å². The molecule has 2 fully saturated rings. The smallest absolute Gasteiger partial charge is 0.256 e. The van der Waals surface area contributed by atoms with E-state index in [2.05, 4.69) is 33.4 Å². The van der Waals surface area contributed by atoms with Crippen molar-refractivity contribution in [2.45, 2.75) is 43.6 Å². The zero-order valence-electron chi connectivity index (χ0n) is 28.9. The van der Waals surface area contributed by atoms with Crippen LogP contribution >= 0.6 is 0 Å². The highest BCUT2D eigenvalue weighted by Crippen LogP contribution is 2.37. The fraction of sp³-hybridized carbons (Fsp3) is 0.209. The van der Waals surface area contributed by atoms with Crippen molar-refractivity contribution >= 4 is 22.8 Å². The third-order valence-electron chi connectivity index (χ3n) is 10.0. The van der Waals surface area contributed by atoms with Gasteiger partial charge in [0.15, 0.2) is 12.2 Å². The second-order valence-electron chi connectivity index (χ2n) is 13.6. The maximum absolute atomic E-state index is 13.4. The quantitative estimate of drug-likeness (QED) is 0.114. The van der Waals surface area contributed by atoms with Gasteiger partial charge < -0.3 is 30.0 Å². The van der Waals surface area contributed by atoms with Gasteiger partial charge in [0.2, 0.25) is 0 Å². The normalized spacial score (nSPS) is 18.2. The molecule has 0 radical (unpaired) electrons. The lowest BCUT2D eigenvalue weighted by Crippen LogP contribution is -2.35. The van der Waals surface area contributed by atoms with Gasteiger partial charge >= 0.3 is 0 Å². The largest absolute Gasteiger partial charge is 0.378 e. The predicted molar refractivity (Wildman–Crippen MR) is 201 cm³/mol. The maximum atomic E-state index is 13.4. The molecule has 2 aliphatic heterocycles. The zero-order chi connectivity index (χ0) is 36.5. The Balaban J connectivity index is 0.942. The molecular formula is C43H38N6O4. The first-order chi connectivity index (χ1) is 25.8. The third kappa shape index (κ3) is 6.88. The summed E-state index contributed by atoms with van der Waals surface area (Å²) in [4.78, 5) is 46.2. The van der Waals surface area contributed by atoms with Gasteiger partial charge in [0.05, 0.1) is 35.0 Å². The van der Waals surface area contributed by atoms with Crippen LogP contribution in [-0.4, -0.2) is 64.9 Å². The summed E-state index contributed by atoms with van der Waals surface area (Å²) in [6.45, 7) is 5.05. The second kappa shape index (κ2) is 14.4. The highest BCUT2D eigenvalue weighted by Gasteiger charge is 2.38. The number of carbonyl (C=O) groups excluding carboxylic acids is 2. The van der Waals surface area contributed by atoms with E-state index < -0.39 is 12.2 Å². The van der Waals surface area contributed by atoms with Crippen molar-refractivity contribution in [1.82, 2.24) is 29.7 Å². The topological polar surface area (TPSA) is 138 Å². The average Bonchev–Trinajstić information content (AvgIpc) is 4.03. The van der Waals surface area contributed by atoms with Crippen LogP contribution in [0.15, 0.2) is 121 Å². The van der Waals surface area contributed by atoms with E-state index in [0.717, 1.165) is 51.8 Å². The lowest BCUT2D eigenvalue weighted by molar-refractivity contribution is -0.142. The Labute approximate surface area is 306 Å². The van der Waals surface area contributed by atoms with Crippen LogP contribution in [0.2, 0.25) is 0 Å². The van der Waals surface area contributed by atoms with Crippen molar-refractivity contribution in [1.29, 1.82) is 0 Å². The maximum Gasteiger partial charge on any atom is 0.256 e. The molecule has 6 aromatic rings. The van der Waals surface area contributed by atoms with Crippen LogP contribution < -0.4 is 0 Å². The molecule has 2 aliphatic rings. The number of amides is 2. The molecule has 8 rings (SSSR count). The molecule has 0 spiro atoms. The number of nitrogens with zero attached hydrogens (tertiary/aromatic N) is 4. The summed E-state index contributed by atoms with van der Waals surface area (Å²) >= 11 is 0. The number of hydrogen-bond acceptors (Lipinski definition) is 6. The number of H-pyrrole nitrogens is 2. The van der Waals surface area contributed by atoms with E-state index in [1.807, 2.05) is 66.7 Å². The summed E-state index contributed by atoms with van der Waals surface area (Å²) in [7, 11) is 0. The van der Waals surface area contributed by atoms with Crippen LogP contribution in [0.5, 0.6) is 0 Å². The summed E-state index contributed by atoms with van der Waals surface area (Å²) in [5, 5.41) is 21.6. The van der Waals surface area contributed by atoms with Gasteiger partial charge in [-0.3, -0.25) is 9.59 Å². The van der Waals surface area contributed by atoms with Crippen molar-refractivity contribution in [2.75, 3.05) is 13.1 Å². The molecule has 4 heterocycles. The molecule has 53 heavy (non-hydrogen) atoms. The molecule has 10 heteroatoms. The summed E-state index contributed by atoms with van der Waals surface area (Å²) in [5.41, 5.74) is 7.04. The molecule has 4 N–H and O–H groups in total. The Kier molecular flexibility index (Phi) is 9.19. The van der Waals surface area contributed by atoms with Gasteiger partial charge in [-0.15, -0.1) is 0 Å². The Hall–Kier alpha value is -6.28. The van der Waals surface area contributed by atoms with E-state index in [-0.39, 0.29) is 23.9 Å². The fourth-order valence-electron chi connectivity index (χ4n) is 7.25. The van der Waals surface area contributed by atoms with Crippen molar-refractivity contribution in [3.05, 3.63) is 155 Å². The number of hydrogen-bond donors (Lipinski definition) is 4. The summed E-state index contributed by atoms with van der Waals surface area (Å²) < 4.78 is 0. The van der Waals surface area contributed by atoms with Crippen molar-refractivity contribution in [2.24, 2.45) is 0 Å².